The average Bonchev–Trinajstić information content (AvgIpc) is 3.14. The molecule has 29 heavy (non-hydrogen) atoms. The van der Waals surface area contributed by atoms with Gasteiger partial charge in [0.2, 0.25) is 5.82 Å². The molecule has 0 bridgehead atoms. The van der Waals surface area contributed by atoms with Gasteiger partial charge in [-0.1, -0.05) is 18.2 Å². The van der Waals surface area contributed by atoms with Gasteiger partial charge >= 0.3 is 0 Å². The normalized spacial score (nSPS) is 14.0. The standard InChI is InChI=1S/C21H20N4O4/c1-14(26)15-5-4-6-16(13-15)22-20(27)18-17-7-2-3-8-25(17)19(23-18)21(28)24-9-11-29-12-10-24/h2-8,13H,9-12H2,1H3,(H,22,27). The molecule has 1 saturated heterocycles. The number of anilines is 1. The summed E-state index contributed by atoms with van der Waals surface area (Å²) in [7, 11) is 0. The molecule has 1 aromatic carbocycles. The lowest BCUT2D eigenvalue weighted by molar-refractivity contribution is 0.0294. The van der Waals surface area contributed by atoms with Gasteiger partial charge < -0.3 is 15.0 Å². The summed E-state index contributed by atoms with van der Waals surface area (Å²) < 4.78 is 6.92. The van der Waals surface area contributed by atoms with Crippen LogP contribution in [0.2, 0.25) is 0 Å². The number of carbonyl (C=O) groups excluding carboxylic acids is 3. The zero-order valence-electron chi connectivity index (χ0n) is 15.9. The number of pyridine rings is 1. The molecule has 2 aromatic heterocycles. The fourth-order valence-corrected chi connectivity index (χ4v) is 3.27. The molecule has 8 heteroatoms. The fraction of sp³-hybridized carbons (Fsp3) is 0.238. The molecule has 1 N–H and O–H groups in total. The zero-order valence-corrected chi connectivity index (χ0v) is 15.9. The third-order valence-corrected chi connectivity index (χ3v) is 4.78. The summed E-state index contributed by atoms with van der Waals surface area (Å²) in [6.07, 6.45) is 1.71. The van der Waals surface area contributed by atoms with E-state index < -0.39 is 5.91 Å². The van der Waals surface area contributed by atoms with E-state index in [0.29, 0.717) is 43.1 Å². The Labute approximate surface area is 167 Å². The second-order valence-electron chi connectivity index (χ2n) is 6.74. The van der Waals surface area contributed by atoms with Crippen LogP contribution >= 0.6 is 0 Å². The topological polar surface area (TPSA) is 93.0 Å². The molecule has 0 saturated carbocycles. The van der Waals surface area contributed by atoms with Crippen molar-refractivity contribution in [1.82, 2.24) is 14.3 Å². The van der Waals surface area contributed by atoms with Crippen molar-refractivity contribution in [2.24, 2.45) is 0 Å². The molecule has 0 atom stereocenters. The second-order valence-corrected chi connectivity index (χ2v) is 6.74. The maximum absolute atomic E-state index is 12.9. The van der Waals surface area contributed by atoms with E-state index in [1.54, 1.807) is 58.0 Å². The maximum atomic E-state index is 12.9. The average molecular weight is 392 g/mol. The predicted octanol–water partition coefficient (Wildman–Crippen LogP) is 2.26. The number of nitrogens with one attached hydrogen (secondary N) is 1. The molecule has 1 fully saturated rings. The van der Waals surface area contributed by atoms with Gasteiger partial charge in [-0.05, 0) is 31.2 Å². The molecule has 0 spiro atoms. The quantitative estimate of drug-likeness (QED) is 0.688. The Hall–Kier alpha value is -3.52. The van der Waals surface area contributed by atoms with E-state index in [0.717, 1.165) is 0 Å². The first-order valence-corrected chi connectivity index (χ1v) is 9.31. The first-order chi connectivity index (χ1) is 14.0. The Bertz CT molecular complexity index is 1100. The molecule has 3 aromatic rings. The van der Waals surface area contributed by atoms with Gasteiger partial charge in [0, 0.05) is 30.5 Å². The number of carbonyl (C=O) groups is 3. The van der Waals surface area contributed by atoms with Gasteiger partial charge in [-0.3, -0.25) is 18.8 Å². The maximum Gasteiger partial charge on any atom is 0.290 e. The van der Waals surface area contributed by atoms with Crippen LogP contribution in [0.3, 0.4) is 0 Å². The van der Waals surface area contributed by atoms with Gasteiger partial charge in [0.15, 0.2) is 11.5 Å². The minimum absolute atomic E-state index is 0.0908. The first kappa shape index (κ1) is 18.8. The van der Waals surface area contributed by atoms with Crippen LogP contribution in [0, 0.1) is 0 Å². The van der Waals surface area contributed by atoms with Gasteiger partial charge in [0.05, 0.1) is 18.7 Å². The number of ether oxygens (including phenoxy) is 1. The molecule has 3 heterocycles. The summed E-state index contributed by atoms with van der Waals surface area (Å²) in [6, 6.07) is 12.0. The van der Waals surface area contributed by atoms with Crippen molar-refractivity contribution in [3.05, 3.63) is 65.7 Å². The Balaban J connectivity index is 1.67. The highest BCUT2D eigenvalue weighted by Crippen LogP contribution is 2.18. The van der Waals surface area contributed by atoms with E-state index in [9.17, 15) is 14.4 Å². The van der Waals surface area contributed by atoms with Crippen molar-refractivity contribution >= 4 is 28.8 Å². The predicted molar refractivity (Wildman–Crippen MR) is 106 cm³/mol. The highest BCUT2D eigenvalue weighted by molar-refractivity contribution is 6.09. The number of amides is 2. The Morgan fingerprint density at radius 1 is 1.07 bits per heavy atom. The second kappa shape index (κ2) is 7.84. The molecule has 8 nitrogen and oxygen atoms in total. The fourth-order valence-electron chi connectivity index (χ4n) is 3.27. The molecule has 2 amide bonds. The molecule has 1 aliphatic rings. The van der Waals surface area contributed by atoms with Crippen molar-refractivity contribution in [2.45, 2.75) is 6.92 Å². The summed E-state index contributed by atoms with van der Waals surface area (Å²) in [6.45, 7) is 3.40. The number of benzene rings is 1. The highest BCUT2D eigenvalue weighted by Gasteiger charge is 2.26. The van der Waals surface area contributed by atoms with Crippen molar-refractivity contribution in [1.29, 1.82) is 0 Å². The Morgan fingerprint density at radius 3 is 2.62 bits per heavy atom. The summed E-state index contributed by atoms with van der Waals surface area (Å²) in [5, 5.41) is 2.77. The number of fused-ring (bicyclic) bond motifs is 1. The number of hydrogen-bond donors (Lipinski definition) is 1. The molecular formula is C21H20N4O4. The number of rotatable bonds is 4. The minimum atomic E-state index is -0.449. The molecule has 0 radical (unpaired) electrons. The van der Waals surface area contributed by atoms with Crippen molar-refractivity contribution in [2.75, 3.05) is 31.6 Å². The van der Waals surface area contributed by atoms with E-state index in [-0.39, 0.29) is 23.2 Å². The first-order valence-electron chi connectivity index (χ1n) is 9.31. The Kier molecular flexibility index (Phi) is 5.09. The van der Waals surface area contributed by atoms with E-state index in [2.05, 4.69) is 10.3 Å². The number of hydrogen-bond acceptors (Lipinski definition) is 5. The smallest absolute Gasteiger partial charge is 0.290 e. The Morgan fingerprint density at radius 2 is 1.86 bits per heavy atom. The number of nitrogens with zero attached hydrogens (tertiary/aromatic N) is 3. The third-order valence-electron chi connectivity index (χ3n) is 4.78. The van der Waals surface area contributed by atoms with E-state index in [4.69, 9.17) is 4.74 Å². The van der Waals surface area contributed by atoms with Gasteiger partial charge in [-0.25, -0.2) is 4.98 Å². The monoisotopic (exact) mass is 392 g/mol. The summed E-state index contributed by atoms with van der Waals surface area (Å²) in [4.78, 5) is 43.5. The number of morpholine rings is 1. The third kappa shape index (κ3) is 3.74. The van der Waals surface area contributed by atoms with Crippen LogP contribution in [0.4, 0.5) is 5.69 Å². The lowest BCUT2D eigenvalue weighted by Gasteiger charge is -2.26. The number of ketones is 1. The zero-order chi connectivity index (χ0) is 20.4. The number of aromatic nitrogens is 2. The number of Topliss-reactive ketones (excluding diaryl/α,β-unsaturated/α-hetero) is 1. The highest BCUT2D eigenvalue weighted by atomic mass is 16.5. The number of imidazole rings is 1. The van der Waals surface area contributed by atoms with Gasteiger partial charge in [-0.15, -0.1) is 0 Å². The SMILES string of the molecule is CC(=O)c1cccc(NC(=O)c2nc(C(=O)N3CCOCC3)n3ccccc23)c1. The molecule has 0 aliphatic carbocycles. The van der Waals surface area contributed by atoms with Crippen LogP contribution in [-0.4, -0.2) is 58.2 Å². The van der Waals surface area contributed by atoms with Crippen LogP contribution in [0.25, 0.3) is 5.52 Å². The van der Waals surface area contributed by atoms with Gasteiger partial charge in [0.1, 0.15) is 0 Å². The van der Waals surface area contributed by atoms with Crippen molar-refractivity contribution in [3.8, 4) is 0 Å². The van der Waals surface area contributed by atoms with E-state index >= 15 is 0 Å². The molecule has 148 valence electrons. The van der Waals surface area contributed by atoms with Crippen LogP contribution in [0.1, 0.15) is 38.4 Å². The lowest BCUT2D eigenvalue weighted by atomic mass is 10.1. The van der Waals surface area contributed by atoms with E-state index in [1.807, 2.05) is 0 Å². The van der Waals surface area contributed by atoms with Crippen LogP contribution in [-0.2, 0) is 4.74 Å². The molecule has 0 unspecified atom stereocenters. The summed E-state index contributed by atoms with van der Waals surface area (Å²) in [5.74, 6) is -0.598. The van der Waals surface area contributed by atoms with Crippen LogP contribution in [0.15, 0.2) is 48.7 Å². The summed E-state index contributed by atoms with van der Waals surface area (Å²) >= 11 is 0. The lowest BCUT2D eigenvalue weighted by Crippen LogP contribution is -2.41. The van der Waals surface area contributed by atoms with Gasteiger partial charge in [0.25, 0.3) is 11.8 Å². The summed E-state index contributed by atoms with van der Waals surface area (Å²) in [5.41, 5.74) is 1.67. The molecule has 1 aliphatic heterocycles. The van der Waals surface area contributed by atoms with E-state index in [1.165, 1.54) is 6.92 Å². The van der Waals surface area contributed by atoms with Crippen molar-refractivity contribution < 1.29 is 19.1 Å². The minimum Gasteiger partial charge on any atom is -0.378 e. The van der Waals surface area contributed by atoms with Crippen molar-refractivity contribution in [3.63, 3.8) is 0 Å². The molecular weight excluding hydrogens is 372 g/mol. The largest absolute Gasteiger partial charge is 0.378 e. The molecule has 4 rings (SSSR count). The van der Waals surface area contributed by atoms with Crippen LogP contribution < -0.4 is 5.32 Å². The van der Waals surface area contributed by atoms with Crippen LogP contribution in [0.5, 0.6) is 0 Å². The van der Waals surface area contributed by atoms with Gasteiger partial charge in [-0.2, -0.15) is 0 Å².